The molecule has 0 aromatic rings. The van der Waals surface area contributed by atoms with Gasteiger partial charge in [-0.2, -0.15) is 0 Å². The molecule has 12 heavy (non-hydrogen) atoms. The lowest BCUT2D eigenvalue weighted by molar-refractivity contribution is -0.142. The Morgan fingerprint density at radius 3 is 2.58 bits per heavy atom. The predicted molar refractivity (Wildman–Crippen MR) is 46.9 cm³/mol. The van der Waals surface area contributed by atoms with E-state index in [9.17, 15) is 4.79 Å². The highest BCUT2D eigenvalue weighted by molar-refractivity contribution is 5.82. The van der Waals surface area contributed by atoms with Crippen LogP contribution in [0.4, 0.5) is 0 Å². The van der Waals surface area contributed by atoms with Crippen LogP contribution in [0.3, 0.4) is 0 Å². The molecule has 1 saturated heterocycles. The minimum absolute atomic E-state index is 0.0964. The Kier molecular flexibility index (Phi) is 2.33. The van der Waals surface area contributed by atoms with E-state index < -0.39 is 11.5 Å². The van der Waals surface area contributed by atoms with E-state index in [1.54, 1.807) is 6.08 Å². The van der Waals surface area contributed by atoms with Gasteiger partial charge in [-0.1, -0.05) is 12.2 Å². The first-order chi connectivity index (χ1) is 5.64. The molecule has 1 heterocycles. The van der Waals surface area contributed by atoms with Crippen molar-refractivity contribution < 1.29 is 9.90 Å². The quantitative estimate of drug-likeness (QED) is 0.615. The van der Waals surface area contributed by atoms with E-state index in [0.717, 1.165) is 6.42 Å². The summed E-state index contributed by atoms with van der Waals surface area (Å²) >= 11 is 0. The van der Waals surface area contributed by atoms with Crippen LogP contribution in [-0.4, -0.2) is 22.7 Å². The molecule has 1 aliphatic rings. The zero-order chi connectivity index (χ0) is 9.19. The summed E-state index contributed by atoms with van der Waals surface area (Å²) in [4.78, 5) is 10.8. The molecule has 66 valence electrons. The van der Waals surface area contributed by atoms with E-state index in [2.05, 4.69) is 18.5 Å². The second-order valence-corrected chi connectivity index (χ2v) is 3.01. The van der Waals surface area contributed by atoms with Crippen molar-refractivity contribution in [2.24, 2.45) is 0 Å². The summed E-state index contributed by atoms with van der Waals surface area (Å²) in [6.45, 7) is 7.14. The number of carboxylic acids is 1. The van der Waals surface area contributed by atoms with Crippen LogP contribution in [0.15, 0.2) is 25.3 Å². The van der Waals surface area contributed by atoms with E-state index in [1.165, 1.54) is 6.08 Å². The number of carbonyl (C=O) groups is 1. The molecular formula is C9H13NO2. The number of rotatable bonds is 3. The number of hydrogen-bond acceptors (Lipinski definition) is 2. The first kappa shape index (κ1) is 9.00. The largest absolute Gasteiger partial charge is 0.480 e. The van der Waals surface area contributed by atoms with Crippen molar-refractivity contribution in [3.63, 3.8) is 0 Å². The molecule has 0 unspecified atom stereocenters. The van der Waals surface area contributed by atoms with Gasteiger partial charge in [0.15, 0.2) is 0 Å². The topological polar surface area (TPSA) is 49.3 Å². The molecule has 2 atom stereocenters. The second-order valence-electron chi connectivity index (χ2n) is 3.01. The van der Waals surface area contributed by atoms with Crippen LogP contribution < -0.4 is 5.32 Å². The van der Waals surface area contributed by atoms with Gasteiger partial charge in [-0.15, -0.1) is 13.2 Å². The minimum Gasteiger partial charge on any atom is -0.480 e. The average molecular weight is 167 g/mol. The monoisotopic (exact) mass is 167 g/mol. The molecule has 0 radical (unpaired) electrons. The van der Waals surface area contributed by atoms with Gasteiger partial charge in [0.2, 0.25) is 0 Å². The van der Waals surface area contributed by atoms with Crippen molar-refractivity contribution in [3.8, 4) is 0 Å². The van der Waals surface area contributed by atoms with Crippen LogP contribution >= 0.6 is 0 Å². The Bertz CT molecular complexity index is 225. The standard InChI is InChI=1S/C9H13NO2/c1-3-7-5-6-9(4-2,10-7)8(11)12/h3-4,7,10H,1-2,5-6H2,(H,11,12)/t7-,9+/m0/s1. The molecule has 1 fully saturated rings. The molecule has 1 rings (SSSR count). The summed E-state index contributed by atoms with van der Waals surface area (Å²) in [5, 5.41) is 11.9. The summed E-state index contributed by atoms with van der Waals surface area (Å²) in [6.07, 6.45) is 4.58. The molecule has 0 saturated carbocycles. The summed E-state index contributed by atoms with van der Waals surface area (Å²) in [5.74, 6) is -0.859. The molecule has 2 N–H and O–H groups in total. The van der Waals surface area contributed by atoms with Crippen LogP contribution in [-0.2, 0) is 4.79 Å². The number of nitrogens with one attached hydrogen (secondary N) is 1. The Morgan fingerprint density at radius 1 is 1.67 bits per heavy atom. The smallest absolute Gasteiger partial charge is 0.327 e. The van der Waals surface area contributed by atoms with E-state index in [1.807, 2.05) is 0 Å². The fourth-order valence-corrected chi connectivity index (χ4v) is 1.45. The lowest BCUT2D eigenvalue weighted by Gasteiger charge is -2.20. The average Bonchev–Trinajstić information content (AvgIpc) is 2.48. The van der Waals surface area contributed by atoms with Gasteiger partial charge in [-0.05, 0) is 12.8 Å². The molecule has 0 aromatic heterocycles. The maximum atomic E-state index is 10.8. The first-order valence-corrected chi connectivity index (χ1v) is 3.92. The molecule has 0 amide bonds. The molecule has 1 aliphatic heterocycles. The highest BCUT2D eigenvalue weighted by Gasteiger charge is 2.41. The van der Waals surface area contributed by atoms with Gasteiger partial charge >= 0.3 is 5.97 Å². The van der Waals surface area contributed by atoms with E-state index >= 15 is 0 Å². The highest BCUT2D eigenvalue weighted by atomic mass is 16.4. The number of hydrogen-bond donors (Lipinski definition) is 2. The normalized spacial score (nSPS) is 34.5. The molecule has 3 heteroatoms. The number of aliphatic carboxylic acids is 1. The van der Waals surface area contributed by atoms with Gasteiger partial charge in [0.25, 0.3) is 0 Å². The molecule has 0 spiro atoms. The fraction of sp³-hybridized carbons (Fsp3) is 0.444. The molecule has 3 nitrogen and oxygen atoms in total. The lowest BCUT2D eigenvalue weighted by Crippen LogP contribution is -2.47. The third kappa shape index (κ3) is 1.28. The van der Waals surface area contributed by atoms with E-state index in [-0.39, 0.29) is 6.04 Å². The Balaban J connectivity index is 2.78. The molecule has 0 aromatic carbocycles. The van der Waals surface area contributed by atoms with Crippen LogP contribution in [0.25, 0.3) is 0 Å². The first-order valence-electron chi connectivity index (χ1n) is 3.92. The fourth-order valence-electron chi connectivity index (χ4n) is 1.45. The molecular weight excluding hydrogens is 154 g/mol. The van der Waals surface area contributed by atoms with E-state index in [4.69, 9.17) is 5.11 Å². The zero-order valence-electron chi connectivity index (χ0n) is 6.92. The van der Waals surface area contributed by atoms with Crippen molar-refractivity contribution >= 4 is 5.97 Å². The highest BCUT2D eigenvalue weighted by Crippen LogP contribution is 2.25. The van der Waals surface area contributed by atoms with Crippen molar-refractivity contribution in [2.45, 2.75) is 24.4 Å². The molecule has 0 aliphatic carbocycles. The Labute approximate surface area is 71.8 Å². The third-order valence-corrected chi connectivity index (χ3v) is 2.31. The van der Waals surface area contributed by atoms with Gasteiger partial charge < -0.3 is 5.11 Å². The van der Waals surface area contributed by atoms with Gasteiger partial charge in [-0.25, -0.2) is 4.79 Å². The van der Waals surface area contributed by atoms with Crippen molar-refractivity contribution in [1.82, 2.24) is 5.32 Å². The second kappa shape index (κ2) is 3.11. The van der Waals surface area contributed by atoms with Gasteiger partial charge in [0.05, 0.1) is 0 Å². The van der Waals surface area contributed by atoms with Crippen LogP contribution in [0.1, 0.15) is 12.8 Å². The summed E-state index contributed by atoms with van der Waals surface area (Å²) in [6, 6.07) is 0.0964. The van der Waals surface area contributed by atoms with Gasteiger partial charge in [0.1, 0.15) is 5.54 Å². The zero-order valence-corrected chi connectivity index (χ0v) is 6.92. The lowest BCUT2D eigenvalue weighted by atomic mass is 9.98. The summed E-state index contributed by atoms with van der Waals surface area (Å²) in [7, 11) is 0. The van der Waals surface area contributed by atoms with E-state index in [0.29, 0.717) is 6.42 Å². The van der Waals surface area contributed by atoms with Crippen LogP contribution in [0.2, 0.25) is 0 Å². The summed E-state index contributed by atoms with van der Waals surface area (Å²) in [5.41, 5.74) is -0.932. The van der Waals surface area contributed by atoms with Crippen LogP contribution in [0.5, 0.6) is 0 Å². The SMILES string of the molecule is C=C[C@H]1CC[C@](C=C)(C(=O)O)N1. The van der Waals surface area contributed by atoms with Crippen molar-refractivity contribution in [3.05, 3.63) is 25.3 Å². The maximum absolute atomic E-state index is 10.8. The summed E-state index contributed by atoms with van der Waals surface area (Å²) < 4.78 is 0. The predicted octanol–water partition coefficient (Wildman–Crippen LogP) is 0.934. The Hall–Kier alpha value is -1.09. The van der Waals surface area contributed by atoms with Gasteiger partial charge in [-0.3, -0.25) is 5.32 Å². The van der Waals surface area contributed by atoms with Crippen molar-refractivity contribution in [1.29, 1.82) is 0 Å². The van der Waals surface area contributed by atoms with Crippen LogP contribution in [0, 0.1) is 0 Å². The van der Waals surface area contributed by atoms with Crippen molar-refractivity contribution in [2.75, 3.05) is 0 Å². The molecule has 0 bridgehead atoms. The minimum atomic E-state index is -0.932. The maximum Gasteiger partial charge on any atom is 0.327 e. The number of carboxylic acid groups (broad SMARTS) is 1. The van der Waals surface area contributed by atoms with Gasteiger partial charge in [0, 0.05) is 6.04 Å². The Morgan fingerprint density at radius 2 is 2.33 bits per heavy atom. The third-order valence-electron chi connectivity index (χ3n) is 2.31.